The number of fused-ring (bicyclic) bond motifs is 1. The summed E-state index contributed by atoms with van der Waals surface area (Å²) in [5.74, 6) is 0.783. The smallest absolute Gasteiger partial charge is 0.323 e. The number of nitrogens with one attached hydrogen (secondary N) is 3. The van der Waals surface area contributed by atoms with Crippen molar-refractivity contribution in [3.63, 3.8) is 0 Å². The van der Waals surface area contributed by atoms with Crippen LogP contribution in [0, 0.1) is 6.92 Å². The van der Waals surface area contributed by atoms with Crippen LogP contribution in [0.15, 0.2) is 79.1 Å². The molecule has 29 heavy (non-hydrogen) atoms. The van der Waals surface area contributed by atoms with E-state index < -0.39 is 0 Å². The fraction of sp³-hybridized carbons (Fsp3) is 0.0870. The quantitative estimate of drug-likeness (QED) is 0.443. The van der Waals surface area contributed by atoms with Gasteiger partial charge in [0.1, 0.15) is 12.1 Å². The highest BCUT2D eigenvalue weighted by Gasteiger charge is 2.05. The third-order valence-electron chi connectivity index (χ3n) is 4.46. The van der Waals surface area contributed by atoms with Gasteiger partial charge in [0, 0.05) is 23.3 Å². The first-order valence-corrected chi connectivity index (χ1v) is 9.34. The first-order chi connectivity index (χ1) is 14.2. The first kappa shape index (κ1) is 18.4. The zero-order chi connectivity index (χ0) is 20.1. The number of hydrogen-bond acceptors (Lipinski definition) is 4. The van der Waals surface area contributed by atoms with E-state index in [0.29, 0.717) is 6.54 Å². The molecule has 3 N–H and O–H groups in total. The molecule has 0 spiro atoms. The molecule has 4 rings (SSSR count). The zero-order valence-electron chi connectivity index (χ0n) is 16.0. The van der Waals surface area contributed by atoms with E-state index in [1.807, 2.05) is 79.7 Å². The van der Waals surface area contributed by atoms with Crippen molar-refractivity contribution in [2.24, 2.45) is 0 Å². The van der Waals surface area contributed by atoms with Crippen LogP contribution in [0.4, 0.5) is 22.0 Å². The molecule has 0 aliphatic carbocycles. The normalized spacial score (nSPS) is 10.5. The number of urea groups is 1. The number of anilines is 3. The van der Waals surface area contributed by atoms with E-state index in [0.717, 1.165) is 39.2 Å². The van der Waals surface area contributed by atoms with E-state index >= 15 is 0 Å². The number of benzene rings is 3. The molecule has 0 bridgehead atoms. The number of nitrogens with zero attached hydrogens (tertiary/aromatic N) is 2. The second-order valence-corrected chi connectivity index (χ2v) is 6.74. The number of aromatic nitrogens is 2. The lowest BCUT2D eigenvalue weighted by molar-refractivity contribution is 0.262. The van der Waals surface area contributed by atoms with Gasteiger partial charge in [-0.05, 0) is 54.4 Å². The molecule has 1 aromatic heterocycles. The lowest BCUT2D eigenvalue weighted by atomic mass is 10.2. The molecule has 0 saturated carbocycles. The molecule has 0 atom stereocenters. The average molecular weight is 383 g/mol. The van der Waals surface area contributed by atoms with Crippen molar-refractivity contribution >= 4 is 34.1 Å². The summed E-state index contributed by atoms with van der Waals surface area (Å²) in [4.78, 5) is 20.9. The van der Waals surface area contributed by atoms with Crippen LogP contribution in [0.5, 0.6) is 0 Å². The van der Waals surface area contributed by atoms with E-state index in [2.05, 4.69) is 25.9 Å². The van der Waals surface area contributed by atoms with Gasteiger partial charge in [-0.1, -0.05) is 36.4 Å². The van der Waals surface area contributed by atoms with Crippen LogP contribution < -0.4 is 16.0 Å². The van der Waals surface area contributed by atoms with Crippen molar-refractivity contribution < 1.29 is 4.79 Å². The van der Waals surface area contributed by atoms with Crippen LogP contribution in [0.25, 0.3) is 10.9 Å². The molecule has 1 heterocycles. The minimum Gasteiger partial charge on any atom is -0.365 e. The molecule has 144 valence electrons. The van der Waals surface area contributed by atoms with E-state index in [1.54, 1.807) is 6.33 Å². The van der Waals surface area contributed by atoms with Crippen LogP contribution in [-0.2, 0) is 6.54 Å². The van der Waals surface area contributed by atoms with Crippen LogP contribution in [0.3, 0.4) is 0 Å². The Bertz CT molecular complexity index is 1150. The van der Waals surface area contributed by atoms with Gasteiger partial charge in [-0.3, -0.25) is 0 Å². The van der Waals surface area contributed by atoms with E-state index in [9.17, 15) is 4.79 Å². The van der Waals surface area contributed by atoms with Crippen molar-refractivity contribution in [3.05, 3.63) is 90.3 Å². The third kappa shape index (κ3) is 4.68. The molecule has 0 radical (unpaired) electrons. The monoisotopic (exact) mass is 383 g/mol. The Hall–Kier alpha value is -3.93. The SMILES string of the molecule is Cc1cccc(NC(=O)Nc2cccc(CNc3ncnc4ccccc34)c2)c1. The van der Waals surface area contributed by atoms with Crippen molar-refractivity contribution in [3.8, 4) is 0 Å². The summed E-state index contributed by atoms with van der Waals surface area (Å²) >= 11 is 0. The molecule has 3 aromatic carbocycles. The number of carbonyl (C=O) groups is 1. The molecular weight excluding hydrogens is 362 g/mol. The first-order valence-electron chi connectivity index (χ1n) is 9.34. The topological polar surface area (TPSA) is 78.9 Å². The Morgan fingerprint density at radius 2 is 1.62 bits per heavy atom. The predicted molar refractivity (Wildman–Crippen MR) is 117 cm³/mol. The van der Waals surface area contributed by atoms with Crippen molar-refractivity contribution in [1.29, 1.82) is 0 Å². The predicted octanol–water partition coefficient (Wildman–Crippen LogP) is 5.19. The minimum atomic E-state index is -0.275. The van der Waals surface area contributed by atoms with Crippen LogP contribution in [-0.4, -0.2) is 16.0 Å². The molecule has 2 amide bonds. The highest BCUT2D eigenvalue weighted by Crippen LogP contribution is 2.20. The average Bonchev–Trinajstić information content (AvgIpc) is 2.72. The molecule has 6 nitrogen and oxygen atoms in total. The van der Waals surface area contributed by atoms with Crippen molar-refractivity contribution in [1.82, 2.24) is 9.97 Å². The lowest BCUT2D eigenvalue weighted by Crippen LogP contribution is -2.19. The van der Waals surface area contributed by atoms with E-state index in [-0.39, 0.29) is 6.03 Å². The largest absolute Gasteiger partial charge is 0.365 e. The summed E-state index contributed by atoms with van der Waals surface area (Å²) in [6, 6.07) is 23.0. The Kier molecular flexibility index (Phi) is 5.33. The Morgan fingerprint density at radius 1 is 0.862 bits per heavy atom. The fourth-order valence-electron chi connectivity index (χ4n) is 3.11. The fourth-order valence-corrected chi connectivity index (χ4v) is 3.11. The molecule has 0 aliphatic rings. The molecule has 0 unspecified atom stereocenters. The van der Waals surface area contributed by atoms with Crippen molar-refractivity contribution in [2.75, 3.05) is 16.0 Å². The van der Waals surface area contributed by atoms with Crippen LogP contribution in [0.1, 0.15) is 11.1 Å². The maximum atomic E-state index is 12.3. The standard InChI is InChI=1S/C23H21N5O/c1-16-6-4-8-18(12-16)27-23(29)28-19-9-5-7-17(13-19)14-24-22-20-10-2-3-11-21(20)25-15-26-22/h2-13,15H,14H2,1H3,(H,24,25,26)(H2,27,28,29). The highest BCUT2D eigenvalue weighted by atomic mass is 16.2. The molecule has 6 heteroatoms. The van der Waals surface area contributed by atoms with Crippen LogP contribution >= 0.6 is 0 Å². The van der Waals surface area contributed by atoms with Gasteiger partial charge in [0.05, 0.1) is 5.52 Å². The molecule has 0 saturated heterocycles. The Labute approximate surface area is 169 Å². The van der Waals surface area contributed by atoms with E-state index in [1.165, 1.54) is 0 Å². The second kappa shape index (κ2) is 8.39. The zero-order valence-corrected chi connectivity index (χ0v) is 16.0. The van der Waals surface area contributed by atoms with E-state index in [4.69, 9.17) is 0 Å². The van der Waals surface area contributed by atoms with Gasteiger partial charge >= 0.3 is 6.03 Å². The van der Waals surface area contributed by atoms with Gasteiger partial charge in [-0.25, -0.2) is 14.8 Å². The number of aryl methyl sites for hydroxylation is 1. The summed E-state index contributed by atoms with van der Waals surface area (Å²) in [6.45, 7) is 2.57. The van der Waals surface area contributed by atoms with Gasteiger partial charge in [-0.2, -0.15) is 0 Å². The third-order valence-corrected chi connectivity index (χ3v) is 4.46. The summed E-state index contributed by atoms with van der Waals surface area (Å²) < 4.78 is 0. The number of rotatable bonds is 5. The van der Waals surface area contributed by atoms with Gasteiger partial charge in [0.15, 0.2) is 0 Å². The summed E-state index contributed by atoms with van der Waals surface area (Å²) in [5.41, 5.74) is 4.50. The Morgan fingerprint density at radius 3 is 2.45 bits per heavy atom. The van der Waals surface area contributed by atoms with Crippen LogP contribution in [0.2, 0.25) is 0 Å². The molecular formula is C23H21N5O. The van der Waals surface area contributed by atoms with Gasteiger partial charge in [-0.15, -0.1) is 0 Å². The minimum absolute atomic E-state index is 0.275. The molecule has 4 aromatic rings. The number of amides is 2. The van der Waals surface area contributed by atoms with Crippen molar-refractivity contribution in [2.45, 2.75) is 13.5 Å². The molecule has 0 aliphatic heterocycles. The number of carbonyl (C=O) groups excluding carboxylic acids is 1. The maximum absolute atomic E-state index is 12.3. The maximum Gasteiger partial charge on any atom is 0.323 e. The summed E-state index contributed by atoms with van der Waals surface area (Å²) in [7, 11) is 0. The highest BCUT2D eigenvalue weighted by molar-refractivity contribution is 5.99. The van der Waals surface area contributed by atoms with Gasteiger partial charge in [0.25, 0.3) is 0 Å². The summed E-state index contributed by atoms with van der Waals surface area (Å²) in [6.07, 6.45) is 1.55. The van der Waals surface area contributed by atoms with Gasteiger partial charge < -0.3 is 16.0 Å². The second-order valence-electron chi connectivity index (χ2n) is 6.74. The Balaban J connectivity index is 1.41. The number of hydrogen-bond donors (Lipinski definition) is 3. The summed E-state index contributed by atoms with van der Waals surface area (Å²) in [5, 5.41) is 10.0. The number of para-hydroxylation sites is 1. The lowest BCUT2D eigenvalue weighted by Gasteiger charge is -2.11. The van der Waals surface area contributed by atoms with Gasteiger partial charge in [0.2, 0.25) is 0 Å². The molecule has 0 fully saturated rings.